The van der Waals surface area contributed by atoms with Crippen LogP contribution in [-0.2, 0) is 12.8 Å². The summed E-state index contributed by atoms with van der Waals surface area (Å²) in [6.45, 7) is 0. The second kappa shape index (κ2) is 22.2. The van der Waals surface area contributed by atoms with E-state index in [1.54, 1.807) is 6.07 Å². The second-order valence-corrected chi connectivity index (χ2v) is 24.7. The number of rotatable bonds is 6. The Morgan fingerprint density at radius 2 is 0.557 bits per heavy atom. The maximum atomic E-state index is 9.43. The zero-order valence-electron chi connectivity index (χ0n) is 47.7. The molecule has 13 aromatic carbocycles. The molecule has 2 aliphatic rings. The smallest absolute Gasteiger partial charge is 0.423 e. The number of benzene rings is 13. The summed E-state index contributed by atoms with van der Waals surface area (Å²) in [5.74, 6) is 0. The highest BCUT2D eigenvalue weighted by atomic mass is 79.9. The molecule has 0 amide bonds. The van der Waals surface area contributed by atoms with Crippen LogP contribution in [0, 0.1) is 0 Å². The molecule has 0 saturated carbocycles. The molecule has 3 heterocycles. The third-order valence-electron chi connectivity index (χ3n) is 17.8. The molecule has 3 aromatic heterocycles. The Balaban J connectivity index is 0.000000137. The van der Waals surface area contributed by atoms with Gasteiger partial charge in [0.25, 0.3) is 0 Å². The fourth-order valence-corrected chi connectivity index (χ4v) is 14.4. The first-order valence-corrected chi connectivity index (χ1v) is 31.3. The third kappa shape index (κ3) is 9.39. The lowest BCUT2D eigenvalue weighted by Crippen LogP contribution is -2.29. The van der Waals surface area contributed by atoms with E-state index in [2.05, 4.69) is 288 Å². The van der Waals surface area contributed by atoms with E-state index >= 15 is 0 Å². The molecule has 418 valence electrons. The van der Waals surface area contributed by atoms with E-state index in [-0.39, 0.29) is 0 Å². The highest BCUT2D eigenvalue weighted by Crippen LogP contribution is 2.44. The van der Waals surface area contributed by atoms with Crippen molar-refractivity contribution in [2.75, 3.05) is 0 Å². The van der Waals surface area contributed by atoms with Gasteiger partial charge in [-0.3, -0.25) is 0 Å². The van der Waals surface area contributed by atoms with Crippen LogP contribution in [0.3, 0.4) is 0 Å². The van der Waals surface area contributed by atoms with Crippen LogP contribution in [0.1, 0.15) is 22.3 Å². The highest BCUT2D eigenvalue weighted by Gasteiger charge is 2.23. The summed E-state index contributed by atoms with van der Waals surface area (Å²) in [4.78, 5) is 0. The molecular formula is C80H54BBr2N3O2. The first-order chi connectivity index (χ1) is 43.3. The van der Waals surface area contributed by atoms with E-state index in [9.17, 15) is 10.0 Å². The number of para-hydroxylation sites is 6. The monoisotopic (exact) mass is 1260 g/mol. The predicted octanol–water partition coefficient (Wildman–Crippen LogP) is 20.0. The topological polar surface area (TPSA) is 55.2 Å². The van der Waals surface area contributed by atoms with Crippen LogP contribution in [0.5, 0.6) is 0 Å². The Labute approximate surface area is 526 Å². The van der Waals surface area contributed by atoms with Gasteiger partial charge < -0.3 is 23.7 Å². The first-order valence-electron chi connectivity index (χ1n) is 29.7. The molecule has 2 aliphatic carbocycles. The van der Waals surface area contributed by atoms with Gasteiger partial charge in [-0.2, -0.15) is 0 Å². The predicted molar refractivity (Wildman–Crippen MR) is 375 cm³/mol. The van der Waals surface area contributed by atoms with E-state index in [1.807, 2.05) is 42.5 Å². The normalized spacial score (nSPS) is 12.0. The van der Waals surface area contributed by atoms with Gasteiger partial charge in [0, 0.05) is 58.3 Å². The van der Waals surface area contributed by atoms with Crippen molar-refractivity contribution in [3.8, 4) is 61.6 Å². The summed E-state index contributed by atoms with van der Waals surface area (Å²) >= 11 is 7.05. The van der Waals surface area contributed by atoms with Crippen molar-refractivity contribution in [1.82, 2.24) is 13.7 Å². The van der Waals surface area contributed by atoms with Crippen molar-refractivity contribution in [2.45, 2.75) is 12.8 Å². The molecule has 18 rings (SSSR count). The van der Waals surface area contributed by atoms with Crippen LogP contribution in [-0.4, -0.2) is 30.9 Å². The van der Waals surface area contributed by atoms with Crippen LogP contribution < -0.4 is 5.46 Å². The molecule has 0 saturated heterocycles. The molecule has 0 unspecified atom stereocenters. The zero-order chi connectivity index (χ0) is 59.0. The van der Waals surface area contributed by atoms with E-state index in [4.69, 9.17) is 0 Å². The lowest BCUT2D eigenvalue weighted by molar-refractivity contribution is 0.426. The van der Waals surface area contributed by atoms with Crippen LogP contribution in [0.2, 0.25) is 0 Å². The molecule has 16 aromatic rings. The SMILES string of the molecule is Brc1ccc2c(c1)-c1cc(Br)ccc1C2.OB(O)c1ccc2c(c1)c1ccccc1n2-c1ccccc1.c1ccc(-n2c3ccccc3c3cc(-c4ccc5c(c4)-c4cc(-c6ccc7c(c6)c6ccccc6n7-c6ccccc6)ccc4C5)ccc32)cc1. The summed E-state index contributed by atoms with van der Waals surface area (Å²) < 4.78 is 9.25. The van der Waals surface area contributed by atoms with Gasteiger partial charge in [-0.1, -0.05) is 202 Å². The molecule has 2 N–H and O–H groups in total. The summed E-state index contributed by atoms with van der Waals surface area (Å²) in [5, 5.41) is 26.1. The lowest BCUT2D eigenvalue weighted by atomic mass is 9.80. The van der Waals surface area contributed by atoms with Crippen molar-refractivity contribution >= 4 is 110 Å². The number of halogens is 2. The molecule has 0 fully saturated rings. The third-order valence-corrected chi connectivity index (χ3v) is 18.7. The number of nitrogens with zero attached hydrogens (tertiary/aromatic N) is 3. The average molecular weight is 1260 g/mol. The number of fused-ring (bicyclic) bond motifs is 15. The van der Waals surface area contributed by atoms with Gasteiger partial charge >= 0.3 is 7.12 Å². The van der Waals surface area contributed by atoms with Gasteiger partial charge in [0.05, 0.1) is 33.1 Å². The van der Waals surface area contributed by atoms with E-state index in [0.717, 1.165) is 49.3 Å². The quantitative estimate of drug-likeness (QED) is 0.163. The Kier molecular flexibility index (Phi) is 13.5. The highest BCUT2D eigenvalue weighted by molar-refractivity contribution is 9.10. The minimum Gasteiger partial charge on any atom is -0.423 e. The van der Waals surface area contributed by atoms with Crippen molar-refractivity contribution in [3.05, 3.63) is 322 Å². The van der Waals surface area contributed by atoms with Crippen molar-refractivity contribution in [1.29, 1.82) is 0 Å². The fraction of sp³-hybridized carbons (Fsp3) is 0.0250. The van der Waals surface area contributed by atoms with Crippen LogP contribution in [0.25, 0.3) is 127 Å². The second-order valence-electron chi connectivity index (χ2n) is 22.9. The van der Waals surface area contributed by atoms with Gasteiger partial charge in [-0.05, 0) is 206 Å². The maximum absolute atomic E-state index is 9.43. The largest absolute Gasteiger partial charge is 0.488 e. The van der Waals surface area contributed by atoms with Crippen LogP contribution in [0.15, 0.2) is 300 Å². The lowest BCUT2D eigenvalue weighted by Gasteiger charge is -2.10. The maximum Gasteiger partial charge on any atom is 0.488 e. The van der Waals surface area contributed by atoms with Gasteiger partial charge in [0.15, 0.2) is 0 Å². The Bertz CT molecular complexity index is 5140. The number of aromatic nitrogens is 3. The van der Waals surface area contributed by atoms with E-state index in [1.165, 1.54) is 122 Å². The summed E-state index contributed by atoms with van der Waals surface area (Å²) in [6, 6.07) is 104. The summed E-state index contributed by atoms with van der Waals surface area (Å²) in [6.07, 6.45) is 2.03. The van der Waals surface area contributed by atoms with Gasteiger partial charge in [-0.25, -0.2) is 0 Å². The van der Waals surface area contributed by atoms with Gasteiger partial charge in [0.1, 0.15) is 0 Å². The molecule has 0 atom stereocenters. The Morgan fingerprint density at radius 1 is 0.261 bits per heavy atom. The summed E-state index contributed by atoms with van der Waals surface area (Å²) in [7, 11) is -1.46. The van der Waals surface area contributed by atoms with E-state index in [0.29, 0.717) is 5.46 Å². The molecule has 8 heteroatoms. The van der Waals surface area contributed by atoms with Crippen molar-refractivity contribution in [2.24, 2.45) is 0 Å². The molecule has 5 nitrogen and oxygen atoms in total. The Hall–Kier alpha value is -9.80. The van der Waals surface area contributed by atoms with Crippen molar-refractivity contribution in [3.63, 3.8) is 0 Å². The fourth-order valence-electron chi connectivity index (χ4n) is 13.7. The van der Waals surface area contributed by atoms with E-state index < -0.39 is 7.12 Å². The van der Waals surface area contributed by atoms with Crippen LogP contribution in [0.4, 0.5) is 0 Å². The Morgan fingerprint density at radius 3 is 0.943 bits per heavy atom. The molecule has 88 heavy (non-hydrogen) atoms. The summed E-state index contributed by atoms with van der Waals surface area (Å²) in [5.41, 5.74) is 27.1. The number of hydrogen-bond acceptors (Lipinski definition) is 2. The molecular weight excluding hydrogens is 1210 g/mol. The number of hydrogen-bond donors (Lipinski definition) is 2. The van der Waals surface area contributed by atoms with Gasteiger partial charge in [-0.15, -0.1) is 0 Å². The molecule has 0 aliphatic heterocycles. The minimum absolute atomic E-state index is 0.503. The standard InChI is InChI=1S/C49H32N2.C18H14BNO2.C13H8Br2/c1-3-11-38(12-4-1)50-46-17-9-7-15-40(46)44-30-34(23-25-48(44)50)32-19-21-36-27-37-22-20-33(29-43(37)42(36)28-32)35-24-26-49-45(31-35)41-16-8-10-18-47(41)51(49)39-13-5-2-6-14-39;21-19(22)13-10-11-18-16(12-13)15-8-4-5-9-17(15)20(18)14-6-2-1-3-7-14;14-10-3-1-8-5-9-2-4-11(15)7-13(9)12(8)6-10/h1-26,28-31H,27H2;1-12,21-22H;1-4,6-7H,5H2. The van der Waals surface area contributed by atoms with Gasteiger partial charge in [0.2, 0.25) is 0 Å². The minimum atomic E-state index is -1.46. The first kappa shape index (κ1) is 53.7. The molecule has 0 spiro atoms. The molecule has 0 bridgehead atoms. The molecule has 0 radical (unpaired) electrons. The zero-order valence-corrected chi connectivity index (χ0v) is 50.9. The van der Waals surface area contributed by atoms with Crippen LogP contribution >= 0.6 is 31.9 Å². The van der Waals surface area contributed by atoms with Crippen molar-refractivity contribution < 1.29 is 10.0 Å². The average Bonchev–Trinajstić information content (AvgIpc) is 2.55.